The summed E-state index contributed by atoms with van der Waals surface area (Å²) < 4.78 is 10.4. The summed E-state index contributed by atoms with van der Waals surface area (Å²) in [7, 11) is 1.60. The Bertz CT molecular complexity index is 857. The van der Waals surface area contributed by atoms with Crippen molar-refractivity contribution in [3.05, 3.63) is 65.7 Å². The van der Waals surface area contributed by atoms with Gasteiger partial charge >= 0.3 is 5.97 Å². The van der Waals surface area contributed by atoms with Crippen LogP contribution in [0.2, 0.25) is 0 Å². The maximum absolute atomic E-state index is 12.8. The Morgan fingerprint density at radius 3 is 2.56 bits per heavy atom. The molecule has 5 heteroatoms. The normalized spacial score (nSPS) is 16.9. The lowest BCUT2D eigenvalue weighted by Gasteiger charge is -2.25. The van der Waals surface area contributed by atoms with E-state index >= 15 is 0 Å². The largest absolute Gasteiger partial charge is 0.497 e. The van der Waals surface area contributed by atoms with Crippen LogP contribution in [0.1, 0.15) is 25.0 Å². The molecule has 0 fully saturated rings. The lowest BCUT2D eigenvalue weighted by atomic mass is 10.1. The molecule has 0 spiro atoms. The fraction of sp³-hybridized carbons (Fsp3) is 0.273. The van der Waals surface area contributed by atoms with Gasteiger partial charge in [0.15, 0.2) is 6.10 Å². The first-order valence-corrected chi connectivity index (χ1v) is 8.93. The van der Waals surface area contributed by atoms with Gasteiger partial charge in [-0.1, -0.05) is 30.3 Å². The molecule has 0 bridgehead atoms. The number of benzene rings is 2. The molecule has 27 heavy (non-hydrogen) atoms. The third kappa shape index (κ3) is 4.19. The molecule has 0 radical (unpaired) electrons. The maximum Gasteiger partial charge on any atom is 0.331 e. The minimum atomic E-state index is -0.855. The van der Waals surface area contributed by atoms with Crippen LogP contribution in [0.25, 0.3) is 6.08 Å². The fourth-order valence-electron chi connectivity index (χ4n) is 3.24. The summed E-state index contributed by atoms with van der Waals surface area (Å²) in [5.74, 6) is -0.0144. The average molecular weight is 365 g/mol. The van der Waals surface area contributed by atoms with E-state index in [1.54, 1.807) is 25.0 Å². The van der Waals surface area contributed by atoms with Crippen molar-refractivity contribution in [1.29, 1.82) is 0 Å². The highest BCUT2D eigenvalue weighted by atomic mass is 16.5. The minimum Gasteiger partial charge on any atom is -0.497 e. The first-order chi connectivity index (χ1) is 13.0. The molecule has 0 aromatic heterocycles. The molecule has 0 aliphatic carbocycles. The number of rotatable bonds is 5. The first kappa shape index (κ1) is 18.7. The Kier molecular flexibility index (Phi) is 5.60. The van der Waals surface area contributed by atoms with Gasteiger partial charge in [-0.05, 0) is 55.7 Å². The summed E-state index contributed by atoms with van der Waals surface area (Å²) in [6.45, 7) is 3.60. The number of anilines is 1. The van der Waals surface area contributed by atoms with Gasteiger partial charge in [-0.2, -0.15) is 0 Å². The van der Waals surface area contributed by atoms with Crippen molar-refractivity contribution < 1.29 is 19.1 Å². The summed E-state index contributed by atoms with van der Waals surface area (Å²) in [6, 6.07) is 15.2. The molecule has 140 valence electrons. The SMILES string of the molecule is COc1ccc(/C=C/C(=O)OC(C)C(=O)N2c3ccccc3CC2C)cc1. The van der Waals surface area contributed by atoms with Gasteiger partial charge in [-0.25, -0.2) is 4.79 Å². The van der Waals surface area contributed by atoms with Crippen LogP contribution in [0.5, 0.6) is 5.75 Å². The van der Waals surface area contributed by atoms with Gasteiger partial charge in [0.25, 0.3) is 5.91 Å². The van der Waals surface area contributed by atoms with E-state index in [1.807, 2.05) is 55.5 Å². The molecule has 0 saturated heterocycles. The molecule has 1 amide bonds. The maximum atomic E-state index is 12.8. The van der Waals surface area contributed by atoms with Crippen LogP contribution in [-0.2, 0) is 20.7 Å². The molecule has 2 atom stereocenters. The molecule has 5 nitrogen and oxygen atoms in total. The number of hydrogen-bond acceptors (Lipinski definition) is 4. The van der Waals surface area contributed by atoms with Crippen molar-refractivity contribution in [2.45, 2.75) is 32.4 Å². The van der Waals surface area contributed by atoms with E-state index in [2.05, 4.69) is 0 Å². The van der Waals surface area contributed by atoms with Gasteiger partial charge in [0, 0.05) is 17.8 Å². The molecule has 0 saturated carbocycles. The van der Waals surface area contributed by atoms with Crippen LogP contribution in [0.15, 0.2) is 54.6 Å². The Labute approximate surface area is 159 Å². The number of ether oxygens (including phenoxy) is 2. The smallest absolute Gasteiger partial charge is 0.331 e. The van der Waals surface area contributed by atoms with Crippen LogP contribution in [0, 0.1) is 0 Å². The van der Waals surface area contributed by atoms with Gasteiger partial charge < -0.3 is 14.4 Å². The molecule has 2 unspecified atom stereocenters. The lowest BCUT2D eigenvalue weighted by Crippen LogP contribution is -2.43. The molecular formula is C22H23NO4. The number of nitrogens with zero attached hydrogens (tertiary/aromatic N) is 1. The minimum absolute atomic E-state index is 0.0471. The van der Waals surface area contributed by atoms with Gasteiger partial charge in [0.1, 0.15) is 5.75 Å². The average Bonchev–Trinajstić information content (AvgIpc) is 3.01. The molecule has 1 heterocycles. The summed E-state index contributed by atoms with van der Waals surface area (Å²) in [5.41, 5.74) is 2.87. The Hall–Kier alpha value is -3.08. The standard InChI is InChI=1S/C22H23NO4/c1-15-14-18-6-4-5-7-20(18)23(15)22(25)16(2)27-21(24)13-10-17-8-11-19(26-3)12-9-17/h4-13,15-16H,14H2,1-3H3/b13-10+. The second-order valence-corrected chi connectivity index (χ2v) is 6.58. The monoisotopic (exact) mass is 365 g/mol. The number of esters is 1. The lowest BCUT2D eigenvalue weighted by molar-refractivity contribution is -0.149. The van der Waals surface area contributed by atoms with E-state index in [0.29, 0.717) is 0 Å². The van der Waals surface area contributed by atoms with E-state index in [9.17, 15) is 9.59 Å². The van der Waals surface area contributed by atoms with Crippen molar-refractivity contribution in [1.82, 2.24) is 0 Å². The molecule has 2 aromatic carbocycles. The van der Waals surface area contributed by atoms with Crippen LogP contribution >= 0.6 is 0 Å². The van der Waals surface area contributed by atoms with Crippen molar-refractivity contribution in [3.63, 3.8) is 0 Å². The summed E-state index contributed by atoms with van der Waals surface area (Å²) in [6.07, 6.45) is 2.92. The molecule has 1 aliphatic rings. The molecule has 2 aromatic rings. The Balaban J connectivity index is 1.62. The number of carbonyl (C=O) groups is 2. The zero-order valence-corrected chi connectivity index (χ0v) is 15.7. The van der Waals surface area contributed by atoms with Crippen molar-refractivity contribution in [2.24, 2.45) is 0 Å². The number of amides is 1. The number of methoxy groups -OCH3 is 1. The van der Waals surface area contributed by atoms with Crippen LogP contribution < -0.4 is 9.64 Å². The van der Waals surface area contributed by atoms with Crippen LogP contribution in [0.3, 0.4) is 0 Å². The zero-order chi connectivity index (χ0) is 19.4. The highest BCUT2D eigenvalue weighted by molar-refractivity contribution is 6.00. The highest BCUT2D eigenvalue weighted by Crippen LogP contribution is 2.32. The van der Waals surface area contributed by atoms with E-state index < -0.39 is 12.1 Å². The van der Waals surface area contributed by atoms with Gasteiger partial charge in [0.05, 0.1) is 7.11 Å². The number of carbonyl (C=O) groups excluding carboxylic acids is 2. The quantitative estimate of drug-likeness (QED) is 0.600. The third-order valence-electron chi connectivity index (χ3n) is 4.61. The van der Waals surface area contributed by atoms with E-state index in [1.165, 1.54) is 6.08 Å². The number of para-hydroxylation sites is 1. The topological polar surface area (TPSA) is 55.8 Å². The fourth-order valence-corrected chi connectivity index (χ4v) is 3.24. The van der Waals surface area contributed by atoms with Gasteiger partial charge in [-0.3, -0.25) is 4.79 Å². The van der Waals surface area contributed by atoms with Crippen molar-refractivity contribution in [3.8, 4) is 5.75 Å². The van der Waals surface area contributed by atoms with Gasteiger partial charge in [-0.15, -0.1) is 0 Å². The first-order valence-electron chi connectivity index (χ1n) is 8.93. The van der Waals surface area contributed by atoms with E-state index in [0.717, 1.165) is 29.0 Å². The number of fused-ring (bicyclic) bond motifs is 1. The van der Waals surface area contributed by atoms with Crippen molar-refractivity contribution >= 4 is 23.6 Å². The Morgan fingerprint density at radius 1 is 1.15 bits per heavy atom. The second-order valence-electron chi connectivity index (χ2n) is 6.58. The van der Waals surface area contributed by atoms with Crippen molar-refractivity contribution in [2.75, 3.05) is 12.0 Å². The Morgan fingerprint density at radius 2 is 1.85 bits per heavy atom. The molecule has 3 rings (SSSR count). The predicted octanol–water partition coefficient (Wildman–Crippen LogP) is 3.62. The summed E-state index contributed by atoms with van der Waals surface area (Å²) in [4.78, 5) is 26.6. The highest BCUT2D eigenvalue weighted by Gasteiger charge is 2.34. The molecule has 1 aliphatic heterocycles. The predicted molar refractivity (Wildman–Crippen MR) is 105 cm³/mol. The van der Waals surface area contributed by atoms with Gasteiger partial charge in [0.2, 0.25) is 0 Å². The van der Waals surface area contributed by atoms with E-state index in [4.69, 9.17) is 9.47 Å². The molecule has 0 N–H and O–H groups in total. The van der Waals surface area contributed by atoms with E-state index in [-0.39, 0.29) is 11.9 Å². The summed E-state index contributed by atoms with van der Waals surface area (Å²) in [5, 5.41) is 0. The molecular weight excluding hydrogens is 342 g/mol. The zero-order valence-electron chi connectivity index (χ0n) is 15.7. The third-order valence-corrected chi connectivity index (χ3v) is 4.61. The van der Waals surface area contributed by atoms with Crippen LogP contribution in [-0.4, -0.2) is 31.1 Å². The van der Waals surface area contributed by atoms with Crippen LogP contribution in [0.4, 0.5) is 5.69 Å². The summed E-state index contributed by atoms with van der Waals surface area (Å²) >= 11 is 0. The number of hydrogen-bond donors (Lipinski definition) is 0. The second kappa shape index (κ2) is 8.08.